The minimum absolute atomic E-state index is 0.192. The molecule has 110 valence electrons. The number of benzene rings is 2. The van der Waals surface area contributed by atoms with Crippen LogP contribution in [-0.2, 0) is 0 Å². The SMILES string of the molecule is Oc1ccc(Nc2nnc(-c3ccc4c(c3)OCO4)o2)cc1. The van der Waals surface area contributed by atoms with Crippen molar-refractivity contribution < 1.29 is 19.0 Å². The number of aromatic hydroxyl groups is 1. The number of hydrogen-bond donors (Lipinski definition) is 2. The summed E-state index contributed by atoms with van der Waals surface area (Å²) in [4.78, 5) is 0. The molecule has 0 saturated carbocycles. The predicted molar refractivity (Wildman–Crippen MR) is 77.2 cm³/mol. The van der Waals surface area contributed by atoms with Crippen LogP contribution in [0.4, 0.5) is 11.7 Å². The number of aromatic nitrogens is 2. The number of hydrogen-bond acceptors (Lipinski definition) is 7. The Morgan fingerprint density at radius 3 is 2.64 bits per heavy atom. The molecule has 1 aromatic heterocycles. The van der Waals surface area contributed by atoms with Crippen molar-refractivity contribution in [3.63, 3.8) is 0 Å². The number of phenols is 1. The molecule has 2 N–H and O–H groups in total. The molecule has 0 fully saturated rings. The van der Waals surface area contributed by atoms with E-state index in [1.54, 1.807) is 36.4 Å². The number of ether oxygens (including phenoxy) is 2. The Kier molecular flexibility index (Phi) is 2.82. The van der Waals surface area contributed by atoms with Crippen molar-refractivity contribution >= 4 is 11.7 Å². The van der Waals surface area contributed by atoms with Crippen molar-refractivity contribution in [1.29, 1.82) is 0 Å². The molecule has 0 saturated heterocycles. The lowest BCUT2D eigenvalue weighted by Crippen LogP contribution is -1.92. The zero-order chi connectivity index (χ0) is 14.9. The lowest BCUT2D eigenvalue weighted by Gasteiger charge is -2.00. The molecule has 0 spiro atoms. The molecule has 1 aliphatic rings. The zero-order valence-corrected chi connectivity index (χ0v) is 11.3. The second-order valence-electron chi connectivity index (χ2n) is 4.65. The van der Waals surface area contributed by atoms with Gasteiger partial charge in [-0.15, -0.1) is 5.10 Å². The van der Waals surface area contributed by atoms with E-state index in [0.29, 0.717) is 17.4 Å². The van der Waals surface area contributed by atoms with Gasteiger partial charge < -0.3 is 24.3 Å². The van der Waals surface area contributed by atoms with E-state index >= 15 is 0 Å². The van der Waals surface area contributed by atoms with Crippen molar-refractivity contribution in [2.45, 2.75) is 0 Å². The third kappa shape index (κ3) is 2.28. The van der Waals surface area contributed by atoms with Crippen LogP contribution in [0.5, 0.6) is 17.2 Å². The zero-order valence-electron chi connectivity index (χ0n) is 11.3. The average molecular weight is 297 g/mol. The molecule has 7 nitrogen and oxygen atoms in total. The summed E-state index contributed by atoms with van der Waals surface area (Å²) in [6.07, 6.45) is 0. The van der Waals surface area contributed by atoms with E-state index in [0.717, 1.165) is 11.3 Å². The summed E-state index contributed by atoms with van der Waals surface area (Å²) in [5.41, 5.74) is 1.48. The lowest BCUT2D eigenvalue weighted by atomic mass is 10.2. The Hall–Kier alpha value is -3.22. The molecule has 4 rings (SSSR count). The van der Waals surface area contributed by atoms with Crippen molar-refractivity contribution in [2.24, 2.45) is 0 Å². The summed E-state index contributed by atoms with van der Waals surface area (Å²) in [5, 5.41) is 20.2. The molecule has 0 atom stereocenters. The highest BCUT2D eigenvalue weighted by atomic mass is 16.7. The fourth-order valence-electron chi connectivity index (χ4n) is 2.09. The monoisotopic (exact) mass is 297 g/mol. The number of nitrogens with one attached hydrogen (secondary N) is 1. The second kappa shape index (κ2) is 4.96. The third-order valence-corrected chi connectivity index (χ3v) is 3.16. The van der Waals surface area contributed by atoms with Gasteiger partial charge in [0.25, 0.3) is 0 Å². The summed E-state index contributed by atoms with van der Waals surface area (Å²) in [6.45, 7) is 0.219. The first kappa shape index (κ1) is 12.5. The first-order chi connectivity index (χ1) is 10.8. The van der Waals surface area contributed by atoms with Gasteiger partial charge in [-0.2, -0.15) is 0 Å². The van der Waals surface area contributed by atoms with Gasteiger partial charge in [0.1, 0.15) is 5.75 Å². The fourth-order valence-corrected chi connectivity index (χ4v) is 2.09. The van der Waals surface area contributed by atoms with Crippen LogP contribution in [0.3, 0.4) is 0 Å². The van der Waals surface area contributed by atoms with Crippen LogP contribution in [0.1, 0.15) is 0 Å². The smallest absolute Gasteiger partial charge is 0.320 e. The maximum atomic E-state index is 9.25. The van der Waals surface area contributed by atoms with E-state index in [2.05, 4.69) is 15.5 Å². The minimum Gasteiger partial charge on any atom is -0.508 e. The van der Waals surface area contributed by atoms with E-state index in [1.165, 1.54) is 0 Å². The lowest BCUT2D eigenvalue weighted by molar-refractivity contribution is 0.174. The Bertz CT molecular complexity index is 814. The van der Waals surface area contributed by atoms with E-state index in [-0.39, 0.29) is 18.6 Å². The van der Waals surface area contributed by atoms with Gasteiger partial charge in [-0.05, 0) is 42.5 Å². The van der Waals surface area contributed by atoms with Crippen LogP contribution in [-0.4, -0.2) is 22.1 Å². The first-order valence-electron chi connectivity index (χ1n) is 6.57. The fraction of sp³-hybridized carbons (Fsp3) is 0.0667. The molecule has 0 amide bonds. The van der Waals surface area contributed by atoms with E-state index in [4.69, 9.17) is 13.9 Å². The molecule has 2 heterocycles. The highest BCUT2D eigenvalue weighted by Gasteiger charge is 2.16. The molecule has 22 heavy (non-hydrogen) atoms. The van der Waals surface area contributed by atoms with Gasteiger partial charge in [0.15, 0.2) is 11.5 Å². The molecular weight excluding hydrogens is 286 g/mol. The maximum absolute atomic E-state index is 9.25. The standard InChI is InChI=1S/C15H11N3O4/c19-11-4-2-10(3-5-11)16-15-18-17-14(22-15)9-1-6-12-13(7-9)21-8-20-12/h1-7,19H,8H2,(H,16,18). The topological polar surface area (TPSA) is 89.6 Å². The van der Waals surface area contributed by atoms with Crippen LogP contribution in [0.15, 0.2) is 46.9 Å². The molecule has 7 heteroatoms. The summed E-state index contributed by atoms with van der Waals surface area (Å²) in [5.74, 6) is 1.92. The van der Waals surface area contributed by atoms with Gasteiger partial charge in [0.2, 0.25) is 12.7 Å². The molecule has 1 aliphatic heterocycles. The maximum Gasteiger partial charge on any atom is 0.320 e. The van der Waals surface area contributed by atoms with Crippen LogP contribution in [0.2, 0.25) is 0 Å². The molecule has 0 unspecified atom stereocenters. The van der Waals surface area contributed by atoms with Crippen molar-refractivity contribution in [3.8, 4) is 28.7 Å². The first-order valence-corrected chi connectivity index (χ1v) is 6.57. The molecular formula is C15H11N3O4. The van der Waals surface area contributed by atoms with Gasteiger partial charge in [-0.25, -0.2) is 0 Å². The van der Waals surface area contributed by atoms with E-state index in [9.17, 15) is 5.11 Å². The normalized spacial score (nSPS) is 12.4. The van der Waals surface area contributed by atoms with Gasteiger partial charge in [0, 0.05) is 11.3 Å². The number of rotatable bonds is 3. The second-order valence-corrected chi connectivity index (χ2v) is 4.65. The van der Waals surface area contributed by atoms with Crippen LogP contribution < -0.4 is 14.8 Å². The molecule has 0 bridgehead atoms. The summed E-state index contributed by atoms with van der Waals surface area (Å²) >= 11 is 0. The Morgan fingerprint density at radius 2 is 1.77 bits per heavy atom. The third-order valence-electron chi connectivity index (χ3n) is 3.16. The Balaban J connectivity index is 1.57. The Morgan fingerprint density at radius 1 is 0.955 bits per heavy atom. The highest BCUT2D eigenvalue weighted by molar-refractivity contribution is 5.61. The van der Waals surface area contributed by atoms with Crippen molar-refractivity contribution in [2.75, 3.05) is 12.1 Å². The van der Waals surface area contributed by atoms with Gasteiger partial charge in [-0.1, -0.05) is 5.10 Å². The molecule has 3 aromatic rings. The largest absolute Gasteiger partial charge is 0.508 e. The van der Waals surface area contributed by atoms with Crippen LogP contribution in [0, 0.1) is 0 Å². The van der Waals surface area contributed by atoms with Crippen molar-refractivity contribution in [3.05, 3.63) is 42.5 Å². The molecule has 0 radical (unpaired) electrons. The predicted octanol–water partition coefficient (Wildman–Crippen LogP) is 2.91. The average Bonchev–Trinajstić information content (AvgIpc) is 3.17. The van der Waals surface area contributed by atoms with Gasteiger partial charge in [0.05, 0.1) is 0 Å². The molecule has 0 aliphatic carbocycles. The summed E-state index contributed by atoms with van der Waals surface area (Å²) in [7, 11) is 0. The highest BCUT2D eigenvalue weighted by Crippen LogP contribution is 2.35. The number of fused-ring (bicyclic) bond motifs is 1. The molecule has 2 aromatic carbocycles. The number of nitrogens with zero attached hydrogens (tertiary/aromatic N) is 2. The van der Waals surface area contributed by atoms with Gasteiger partial charge >= 0.3 is 6.01 Å². The number of anilines is 2. The quantitative estimate of drug-likeness (QED) is 0.718. The van der Waals surface area contributed by atoms with E-state index < -0.39 is 0 Å². The Labute approximate surface area is 125 Å². The summed E-state index contributed by atoms with van der Waals surface area (Å²) < 4.78 is 16.2. The van der Waals surface area contributed by atoms with Crippen LogP contribution >= 0.6 is 0 Å². The summed E-state index contributed by atoms with van der Waals surface area (Å²) in [6, 6.07) is 12.2. The van der Waals surface area contributed by atoms with Crippen molar-refractivity contribution in [1.82, 2.24) is 10.2 Å². The number of phenolic OH excluding ortho intramolecular Hbond substituents is 1. The van der Waals surface area contributed by atoms with Crippen LogP contribution in [0.25, 0.3) is 11.5 Å². The van der Waals surface area contributed by atoms with Gasteiger partial charge in [-0.3, -0.25) is 0 Å². The van der Waals surface area contributed by atoms with E-state index in [1.807, 2.05) is 6.07 Å². The minimum atomic E-state index is 0.192.